The van der Waals surface area contributed by atoms with Crippen molar-refractivity contribution < 1.29 is 4.74 Å². The molecule has 0 atom stereocenters. The zero-order chi connectivity index (χ0) is 12.9. The van der Waals surface area contributed by atoms with Crippen LogP contribution in [0.4, 0.5) is 0 Å². The summed E-state index contributed by atoms with van der Waals surface area (Å²) in [6.45, 7) is 0.949. The van der Waals surface area contributed by atoms with Crippen molar-refractivity contribution in [2.75, 3.05) is 12.4 Å². The molecule has 2 nitrogen and oxygen atoms in total. The molecule has 0 spiro atoms. The van der Waals surface area contributed by atoms with Crippen LogP contribution in [0.2, 0.25) is 0 Å². The van der Waals surface area contributed by atoms with E-state index < -0.39 is 0 Å². The van der Waals surface area contributed by atoms with Crippen LogP contribution in [0.5, 0.6) is 11.5 Å². The van der Waals surface area contributed by atoms with Crippen molar-refractivity contribution in [1.82, 2.24) is 5.32 Å². The van der Waals surface area contributed by atoms with Gasteiger partial charge in [0.1, 0.15) is 11.5 Å². The van der Waals surface area contributed by atoms with Crippen LogP contribution >= 0.6 is 11.8 Å². The van der Waals surface area contributed by atoms with E-state index in [1.165, 1.54) is 4.91 Å². The molecule has 1 heterocycles. The van der Waals surface area contributed by atoms with Gasteiger partial charge in [-0.2, -0.15) is 0 Å². The summed E-state index contributed by atoms with van der Waals surface area (Å²) in [4.78, 5) is 1.35. The SMILES string of the molecule is C(=C1CNCS1)c1ccccc1Oc1ccccc1. The second kappa shape index (κ2) is 5.95. The smallest absolute Gasteiger partial charge is 0.134 e. The van der Waals surface area contributed by atoms with E-state index in [2.05, 4.69) is 17.5 Å². The lowest BCUT2D eigenvalue weighted by molar-refractivity contribution is 0.481. The Hall–Kier alpha value is -1.71. The largest absolute Gasteiger partial charge is 0.457 e. The van der Waals surface area contributed by atoms with Crippen LogP contribution in [0.15, 0.2) is 59.5 Å². The molecule has 3 heteroatoms. The lowest BCUT2D eigenvalue weighted by Gasteiger charge is -2.09. The first-order valence-electron chi connectivity index (χ1n) is 6.28. The zero-order valence-corrected chi connectivity index (χ0v) is 11.3. The Morgan fingerprint density at radius 1 is 1.00 bits per heavy atom. The van der Waals surface area contributed by atoms with E-state index in [0.717, 1.165) is 29.5 Å². The molecule has 0 aromatic heterocycles. The van der Waals surface area contributed by atoms with Gasteiger partial charge in [0.2, 0.25) is 0 Å². The minimum atomic E-state index is 0.866. The fourth-order valence-corrected chi connectivity index (χ4v) is 2.75. The lowest BCUT2D eigenvalue weighted by Crippen LogP contribution is -2.04. The molecule has 1 fully saturated rings. The molecule has 0 bridgehead atoms. The summed E-state index contributed by atoms with van der Waals surface area (Å²) < 4.78 is 5.95. The number of hydrogen-bond donors (Lipinski definition) is 1. The quantitative estimate of drug-likeness (QED) is 0.906. The Morgan fingerprint density at radius 2 is 1.79 bits per heavy atom. The summed E-state index contributed by atoms with van der Waals surface area (Å²) in [6.07, 6.45) is 2.20. The predicted octanol–water partition coefficient (Wildman–Crippen LogP) is 4.11. The summed E-state index contributed by atoms with van der Waals surface area (Å²) in [6, 6.07) is 18.0. The van der Waals surface area contributed by atoms with Crippen molar-refractivity contribution in [1.29, 1.82) is 0 Å². The third kappa shape index (κ3) is 3.19. The van der Waals surface area contributed by atoms with Gasteiger partial charge in [-0.3, -0.25) is 0 Å². The molecule has 0 amide bonds. The molecular weight excluding hydrogens is 254 g/mol. The highest BCUT2D eigenvalue weighted by Crippen LogP contribution is 2.29. The van der Waals surface area contributed by atoms with Crippen LogP contribution in [0.3, 0.4) is 0 Å². The van der Waals surface area contributed by atoms with Crippen molar-refractivity contribution in [2.45, 2.75) is 0 Å². The van der Waals surface area contributed by atoms with E-state index in [1.807, 2.05) is 60.3 Å². The first-order chi connectivity index (χ1) is 9.42. The molecule has 0 saturated carbocycles. The van der Waals surface area contributed by atoms with Gasteiger partial charge in [-0.15, -0.1) is 11.8 Å². The van der Waals surface area contributed by atoms with Gasteiger partial charge in [0.25, 0.3) is 0 Å². The number of rotatable bonds is 3. The second-order valence-electron chi connectivity index (χ2n) is 4.28. The van der Waals surface area contributed by atoms with Gasteiger partial charge < -0.3 is 10.1 Å². The first kappa shape index (κ1) is 12.3. The van der Waals surface area contributed by atoms with Gasteiger partial charge in [-0.25, -0.2) is 0 Å². The average Bonchev–Trinajstić information content (AvgIpc) is 2.95. The summed E-state index contributed by atoms with van der Waals surface area (Å²) in [5, 5.41) is 3.32. The molecule has 0 aliphatic carbocycles. The summed E-state index contributed by atoms with van der Waals surface area (Å²) in [5.41, 5.74) is 1.12. The fraction of sp³-hybridized carbons (Fsp3) is 0.125. The molecule has 1 saturated heterocycles. The van der Waals surface area contributed by atoms with Crippen molar-refractivity contribution >= 4 is 17.8 Å². The van der Waals surface area contributed by atoms with Gasteiger partial charge >= 0.3 is 0 Å². The molecular formula is C16H15NOS. The average molecular weight is 269 g/mol. The zero-order valence-electron chi connectivity index (χ0n) is 10.5. The van der Waals surface area contributed by atoms with E-state index in [1.54, 1.807) is 0 Å². The first-order valence-corrected chi connectivity index (χ1v) is 7.26. The van der Waals surface area contributed by atoms with Crippen molar-refractivity contribution in [3.8, 4) is 11.5 Å². The maximum atomic E-state index is 5.95. The third-order valence-electron chi connectivity index (χ3n) is 2.87. The Kier molecular flexibility index (Phi) is 3.86. The van der Waals surface area contributed by atoms with Crippen LogP contribution in [0.1, 0.15) is 5.56 Å². The highest BCUT2D eigenvalue weighted by atomic mass is 32.2. The Balaban J connectivity index is 1.87. The predicted molar refractivity (Wildman–Crippen MR) is 81.4 cm³/mol. The Morgan fingerprint density at radius 3 is 2.58 bits per heavy atom. The number of ether oxygens (including phenoxy) is 1. The highest BCUT2D eigenvalue weighted by Gasteiger charge is 2.08. The molecule has 0 radical (unpaired) electrons. The summed E-state index contributed by atoms with van der Waals surface area (Å²) >= 11 is 1.85. The topological polar surface area (TPSA) is 21.3 Å². The van der Waals surface area contributed by atoms with E-state index in [-0.39, 0.29) is 0 Å². The number of thioether (sulfide) groups is 1. The Labute approximate surface area is 117 Å². The fourth-order valence-electron chi connectivity index (χ4n) is 1.94. The molecule has 2 aromatic rings. The van der Waals surface area contributed by atoms with E-state index >= 15 is 0 Å². The molecule has 3 rings (SSSR count). The lowest BCUT2D eigenvalue weighted by atomic mass is 10.2. The normalized spacial score (nSPS) is 16.7. The van der Waals surface area contributed by atoms with Gasteiger partial charge in [-0.05, 0) is 24.3 Å². The molecule has 0 unspecified atom stereocenters. The van der Waals surface area contributed by atoms with Crippen LogP contribution < -0.4 is 10.1 Å². The maximum absolute atomic E-state index is 5.95. The van der Waals surface area contributed by atoms with Crippen molar-refractivity contribution in [2.24, 2.45) is 0 Å². The monoisotopic (exact) mass is 269 g/mol. The number of para-hydroxylation sites is 2. The second-order valence-corrected chi connectivity index (χ2v) is 5.38. The minimum Gasteiger partial charge on any atom is -0.457 e. The van der Waals surface area contributed by atoms with Crippen molar-refractivity contribution in [3.63, 3.8) is 0 Å². The van der Waals surface area contributed by atoms with Crippen LogP contribution in [0, 0.1) is 0 Å². The van der Waals surface area contributed by atoms with Gasteiger partial charge in [0.15, 0.2) is 0 Å². The minimum absolute atomic E-state index is 0.866. The third-order valence-corrected chi connectivity index (χ3v) is 3.85. The van der Waals surface area contributed by atoms with Gasteiger partial charge in [-0.1, -0.05) is 36.4 Å². The van der Waals surface area contributed by atoms with Crippen LogP contribution in [-0.4, -0.2) is 12.4 Å². The number of benzene rings is 2. The van der Waals surface area contributed by atoms with Gasteiger partial charge in [0.05, 0.1) is 0 Å². The molecule has 1 aliphatic rings. The maximum Gasteiger partial charge on any atom is 0.134 e. The highest BCUT2D eigenvalue weighted by molar-refractivity contribution is 8.03. The van der Waals surface area contributed by atoms with E-state index in [9.17, 15) is 0 Å². The van der Waals surface area contributed by atoms with Crippen LogP contribution in [0.25, 0.3) is 6.08 Å². The van der Waals surface area contributed by atoms with Crippen LogP contribution in [-0.2, 0) is 0 Å². The Bertz CT molecular complexity index is 572. The molecule has 19 heavy (non-hydrogen) atoms. The standard InChI is InChI=1S/C16H15NOS/c1-2-7-14(8-3-1)18-16-9-5-4-6-13(16)10-15-11-17-12-19-15/h1-10,17H,11-12H2. The van der Waals surface area contributed by atoms with Crippen molar-refractivity contribution in [3.05, 3.63) is 65.1 Å². The molecule has 1 N–H and O–H groups in total. The number of nitrogens with one attached hydrogen (secondary N) is 1. The molecule has 1 aliphatic heterocycles. The van der Waals surface area contributed by atoms with E-state index in [4.69, 9.17) is 4.74 Å². The molecule has 96 valence electrons. The summed E-state index contributed by atoms with van der Waals surface area (Å²) in [5.74, 6) is 2.76. The van der Waals surface area contributed by atoms with Gasteiger partial charge in [0, 0.05) is 22.9 Å². The van der Waals surface area contributed by atoms with E-state index in [0.29, 0.717) is 0 Å². The number of hydrogen-bond acceptors (Lipinski definition) is 3. The molecule has 2 aromatic carbocycles. The summed E-state index contributed by atoms with van der Waals surface area (Å²) in [7, 11) is 0.